The van der Waals surface area contributed by atoms with E-state index in [1.807, 2.05) is 0 Å². The summed E-state index contributed by atoms with van der Waals surface area (Å²) in [5, 5.41) is 0. The molecule has 2 nitrogen and oxygen atoms in total. The maximum absolute atomic E-state index is 13.3. The molecule has 0 saturated carbocycles. The first-order valence-electron chi connectivity index (χ1n) is 9.55. The van der Waals surface area contributed by atoms with Crippen LogP contribution in [0.2, 0.25) is 0 Å². The number of unbranched alkanes of at least 4 members (excludes halogenated alkanes) is 13. The van der Waals surface area contributed by atoms with Crippen molar-refractivity contribution in [3.8, 4) is 0 Å². The largest absolute Gasteiger partial charge is 0.367 e. The van der Waals surface area contributed by atoms with Crippen LogP contribution in [-0.4, -0.2) is 12.8 Å². The van der Waals surface area contributed by atoms with E-state index in [-0.39, 0.29) is 12.8 Å². The minimum absolute atomic E-state index is 0.0961. The highest BCUT2D eigenvalue weighted by atomic mass is 31.2. The van der Waals surface area contributed by atoms with Crippen molar-refractivity contribution in [2.45, 2.75) is 104 Å². The standard InChI is InChI=1S/C18H38FO2P/c1-3-5-6-7-8-9-10-11-12-13-14-15-16-17-18-22(19,20)21-4-2/h3-18H2,1-2H3. The molecule has 0 radical (unpaired) electrons. The van der Waals surface area contributed by atoms with Gasteiger partial charge in [-0.15, -0.1) is 0 Å². The Hall–Kier alpha value is 0.120. The number of rotatable bonds is 17. The van der Waals surface area contributed by atoms with Crippen molar-refractivity contribution in [2.24, 2.45) is 0 Å². The van der Waals surface area contributed by atoms with Crippen LogP contribution < -0.4 is 0 Å². The minimum atomic E-state index is -3.78. The Morgan fingerprint density at radius 1 is 0.682 bits per heavy atom. The van der Waals surface area contributed by atoms with E-state index < -0.39 is 7.68 Å². The molecule has 0 heterocycles. The average molecular weight is 336 g/mol. The van der Waals surface area contributed by atoms with Crippen LogP contribution in [0.1, 0.15) is 104 Å². The lowest BCUT2D eigenvalue weighted by molar-refractivity contribution is 0.303. The van der Waals surface area contributed by atoms with Gasteiger partial charge >= 0.3 is 7.68 Å². The van der Waals surface area contributed by atoms with Crippen LogP contribution in [-0.2, 0) is 9.09 Å². The summed E-state index contributed by atoms with van der Waals surface area (Å²) >= 11 is 0. The summed E-state index contributed by atoms with van der Waals surface area (Å²) in [4.78, 5) is 0. The lowest BCUT2D eigenvalue weighted by Crippen LogP contribution is -1.91. The molecule has 0 saturated heterocycles. The van der Waals surface area contributed by atoms with Crippen LogP contribution in [0.4, 0.5) is 4.20 Å². The molecular formula is C18H38FO2P. The second-order valence-corrected chi connectivity index (χ2v) is 8.21. The maximum atomic E-state index is 13.3. The molecule has 0 aromatic carbocycles. The van der Waals surface area contributed by atoms with Gasteiger partial charge in [0.05, 0.1) is 12.8 Å². The van der Waals surface area contributed by atoms with Crippen LogP contribution in [0.25, 0.3) is 0 Å². The summed E-state index contributed by atoms with van der Waals surface area (Å²) in [6.07, 6.45) is 17.8. The molecule has 0 aliphatic heterocycles. The van der Waals surface area contributed by atoms with E-state index >= 15 is 0 Å². The third-order valence-corrected chi connectivity index (χ3v) is 5.59. The highest BCUT2D eigenvalue weighted by Crippen LogP contribution is 2.49. The monoisotopic (exact) mass is 336 g/mol. The SMILES string of the molecule is CCCCCCCCCCCCCCCCP(=O)(F)OCC. The normalized spacial score (nSPS) is 14.1. The number of halogens is 1. The van der Waals surface area contributed by atoms with Gasteiger partial charge in [0, 0.05) is 0 Å². The van der Waals surface area contributed by atoms with E-state index in [1.165, 1.54) is 70.6 Å². The topological polar surface area (TPSA) is 26.3 Å². The van der Waals surface area contributed by atoms with Crippen molar-refractivity contribution < 1.29 is 13.3 Å². The van der Waals surface area contributed by atoms with E-state index in [4.69, 9.17) is 0 Å². The van der Waals surface area contributed by atoms with Gasteiger partial charge in [0.1, 0.15) is 0 Å². The van der Waals surface area contributed by atoms with Crippen LogP contribution in [0, 0.1) is 0 Å². The molecule has 0 amide bonds. The zero-order chi connectivity index (χ0) is 16.5. The summed E-state index contributed by atoms with van der Waals surface area (Å²) in [7, 11) is -3.78. The Kier molecular flexibility index (Phi) is 16.1. The molecule has 0 aliphatic carbocycles. The number of hydrogen-bond donors (Lipinski definition) is 0. The van der Waals surface area contributed by atoms with Gasteiger partial charge in [-0.2, -0.15) is 4.20 Å². The first kappa shape index (κ1) is 22.1. The zero-order valence-corrected chi connectivity index (χ0v) is 15.8. The van der Waals surface area contributed by atoms with Crippen molar-refractivity contribution in [3.63, 3.8) is 0 Å². The predicted molar refractivity (Wildman–Crippen MR) is 95.5 cm³/mol. The molecule has 0 aromatic rings. The van der Waals surface area contributed by atoms with E-state index in [1.54, 1.807) is 6.92 Å². The van der Waals surface area contributed by atoms with Crippen molar-refractivity contribution in [2.75, 3.05) is 12.8 Å². The fourth-order valence-electron chi connectivity index (χ4n) is 2.75. The average Bonchev–Trinajstić information content (AvgIpc) is 2.47. The van der Waals surface area contributed by atoms with Gasteiger partial charge in [-0.1, -0.05) is 90.4 Å². The molecule has 22 heavy (non-hydrogen) atoms. The van der Waals surface area contributed by atoms with Gasteiger partial charge in [-0.05, 0) is 13.3 Å². The molecule has 0 rings (SSSR count). The smallest absolute Gasteiger partial charge is 0.306 e. The molecule has 0 aromatic heterocycles. The Balaban J connectivity index is 3.13. The van der Waals surface area contributed by atoms with Gasteiger partial charge < -0.3 is 4.52 Å². The van der Waals surface area contributed by atoms with Gasteiger partial charge in [0.15, 0.2) is 0 Å². The Morgan fingerprint density at radius 3 is 1.41 bits per heavy atom. The minimum Gasteiger partial charge on any atom is -0.306 e. The van der Waals surface area contributed by atoms with Gasteiger partial charge in [-0.25, -0.2) is 0 Å². The molecule has 1 atom stereocenters. The van der Waals surface area contributed by atoms with E-state index in [0.717, 1.165) is 12.8 Å². The molecular weight excluding hydrogens is 298 g/mol. The van der Waals surface area contributed by atoms with Crippen LogP contribution in [0.3, 0.4) is 0 Å². The summed E-state index contributed by atoms with van der Waals surface area (Å²) in [6, 6.07) is 0. The van der Waals surface area contributed by atoms with E-state index in [2.05, 4.69) is 11.4 Å². The van der Waals surface area contributed by atoms with Crippen molar-refractivity contribution in [1.29, 1.82) is 0 Å². The third kappa shape index (κ3) is 16.5. The molecule has 0 spiro atoms. The lowest BCUT2D eigenvalue weighted by atomic mass is 10.0. The van der Waals surface area contributed by atoms with Crippen LogP contribution in [0.15, 0.2) is 0 Å². The Labute approximate surface area is 138 Å². The van der Waals surface area contributed by atoms with Crippen LogP contribution in [0.5, 0.6) is 0 Å². The first-order valence-corrected chi connectivity index (χ1v) is 11.3. The van der Waals surface area contributed by atoms with E-state index in [9.17, 15) is 8.76 Å². The molecule has 0 aliphatic rings. The number of hydrogen-bond acceptors (Lipinski definition) is 2. The fraction of sp³-hybridized carbons (Fsp3) is 1.00. The van der Waals surface area contributed by atoms with Crippen molar-refractivity contribution >= 4 is 7.68 Å². The van der Waals surface area contributed by atoms with Gasteiger partial charge in [0.2, 0.25) is 0 Å². The van der Waals surface area contributed by atoms with Gasteiger partial charge in [-0.3, -0.25) is 4.57 Å². The molecule has 0 N–H and O–H groups in total. The quantitative estimate of drug-likeness (QED) is 0.201. The van der Waals surface area contributed by atoms with Crippen molar-refractivity contribution in [1.82, 2.24) is 0 Å². The van der Waals surface area contributed by atoms with Crippen molar-refractivity contribution in [3.05, 3.63) is 0 Å². The molecule has 0 fully saturated rings. The Morgan fingerprint density at radius 2 is 1.05 bits per heavy atom. The first-order chi connectivity index (χ1) is 10.6. The highest BCUT2D eigenvalue weighted by molar-refractivity contribution is 7.53. The fourth-order valence-corrected chi connectivity index (χ4v) is 3.87. The summed E-state index contributed by atoms with van der Waals surface area (Å²) < 4.78 is 29.1. The predicted octanol–water partition coefficient (Wildman–Crippen LogP) is 7.67. The summed E-state index contributed by atoms with van der Waals surface area (Å²) in [6.45, 7) is 4.14. The van der Waals surface area contributed by atoms with Gasteiger partial charge in [0.25, 0.3) is 0 Å². The second-order valence-electron chi connectivity index (χ2n) is 6.33. The van der Waals surface area contributed by atoms with E-state index in [0.29, 0.717) is 6.42 Å². The molecule has 4 heteroatoms. The lowest BCUT2D eigenvalue weighted by Gasteiger charge is -2.07. The third-order valence-electron chi connectivity index (χ3n) is 4.10. The molecule has 1 unspecified atom stereocenters. The molecule has 0 bridgehead atoms. The Bertz CT molecular complexity index is 272. The second kappa shape index (κ2) is 16.0. The highest BCUT2D eigenvalue weighted by Gasteiger charge is 2.19. The zero-order valence-electron chi connectivity index (χ0n) is 15.0. The summed E-state index contributed by atoms with van der Waals surface area (Å²) in [5.41, 5.74) is 0. The summed E-state index contributed by atoms with van der Waals surface area (Å²) in [5.74, 6) is 0. The maximum Gasteiger partial charge on any atom is 0.367 e. The molecule has 134 valence electrons. The van der Waals surface area contributed by atoms with Crippen LogP contribution >= 0.6 is 7.68 Å².